The van der Waals surface area contributed by atoms with Crippen LogP contribution in [0.1, 0.15) is 16.7 Å². The van der Waals surface area contributed by atoms with Gasteiger partial charge in [0.15, 0.2) is 0 Å². The number of rotatable bonds is 9. The first-order valence-electron chi connectivity index (χ1n) is 7.38. The smallest absolute Gasteiger partial charge is 0.124 e. The third kappa shape index (κ3) is 5.39. The van der Waals surface area contributed by atoms with Crippen molar-refractivity contribution < 1.29 is 24.5 Å². The summed E-state index contributed by atoms with van der Waals surface area (Å²) in [5.74, 6) is 1.30. The van der Waals surface area contributed by atoms with Crippen LogP contribution in [0, 0.1) is 0 Å². The summed E-state index contributed by atoms with van der Waals surface area (Å²) in [5.41, 5.74) is 2.33. The van der Waals surface area contributed by atoms with Crippen molar-refractivity contribution in [3.05, 3.63) is 59.2 Å². The van der Waals surface area contributed by atoms with Gasteiger partial charge < -0.3 is 24.5 Å². The third-order valence-electron chi connectivity index (χ3n) is 3.25. The Balaban J connectivity index is 1.81. The molecule has 0 atom stereocenters. The van der Waals surface area contributed by atoms with Crippen molar-refractivity contribution in [2.75, 3.05) is 13.2 Å². The van der Waals surface area contributed by atoms with Crippen molar-refractivity contribution >= 4 is 6.29 Å². The molecule has 0 saturated carbocycles. The summed E-state index contributed by atoms with van der Waals surface area (Å²) in [6.45, 7) is 0.502. The Bertz CT molecular complexity index is 600. The second-order valence-corrected chi connectivity index (χ2v) is 5.01. The molecular weight excluding hydrogens is 296 g/mol. The molecule has 2 aromatic rings. The molecule has 0 saturated heterocycles. The number of carbonyl (C=O) groups excluding carboxylic acids is 1. The Hall–Kier alpha value is -2.37. The second kappa shape index (κ2) is 8.92. The van der Waals surface area contributed by atoms with Gasteiger partial charge in [-0.1, -0.05) is 18.2 Å². The third-order valence-corrected chi connectivity index (χ3v) is 3.25. The van der Waals surface area contributed by atoms with E-state index in [1.54, 1.807) is 18.2 Å². The van der Waals surface area contributed by atoms with Crippen molar-refractivity contribution in [1.82, 2.24) is 0 Å². The van der Waals surface area contributed by atoms with Gasteiger partial charge in [0.25, 0.3) is 0 Å². The average Bonchev–Trinajstić information content (AvgIpc) is 2.60. The maximum Gasteiger partial charge on any atom is 0.124 e. The maximum absolute atomic E-state index is 10.4. The highest BCUT2D eigenvalue weighted by molar-refractivity contribution is 5.55. The van der Waals surface area contributed by atoms with Gasteiger partial charge in [0, 0.05) is 6.42 Å². The van der Waals surface area contributed by atoms with Crippen LogP contribution >= 0.6 is 0 Å². The van der Waals surface area contributed by atoms with E-state index in [0.717, 1.165) is 11.8 Å². The van der Waals surface area contributed by atoms with Crippen molar-refractivity contribution in [3.8, 4) is 11.5 Å². The van der Waals surface area contributed by atoms with E-state index in [4.69, 9.17) is 9.47 Å². The zero-order valence-electron chi connectivity index (χ0n) is 12.8. The molecule has 2 N–H and O–H groups in total. The van der Waals surface area contributed by atoms with Crippen LogP contribution in [-0.2, 0) is 24.4 Å². The van der Waals surface area contributed by atoms with Gasteiger partial charge in [0.2, 0.25) is 0 Å². The zero-order chi connectivity index (χ0) is 16.5. The SMILES string of the molecule is O=CCc1ccc(OCCOc2cc(CO)cc(CO)c2)cc1. The van der Waals surface area contributed by atoms with Crippen LogP contribution in [0.5, 0.6) is 11.5 Å². The first-order chi connectivity index (χ1) is 11.2. The predicted molar refractivity (Wildman–Crippen MR) is 85.5 cm³/mol. The van der Waals surface area contributed by atoms with Crippen LogP contribution in [0.25, 0.3) is 0 Å². The average molecular weight is 316 g/mol. The number of hydrogen-bond donors (Lipinski definition) is 2. The van der Waals surface area contributed by atoms with Crippen LogP contribution in [0.15, 0.2) is 42.5 Å². The van der Waals surface area contributed by atoms with Crippen LogP contribution in [-0.4, -0.2) is 29.7 Å². The van der Waals surface area contributed by atoms with Crippen LogP contribution < -0.4 is 9.47 Å². The lowest BCUT2D eigenvalue weighted by Gasteiger charge is -2.11. The highest BCUT2D eigenvalue weighted by atomic mass is 16.5. The molecule has 0 amide bonds. The highest BCUT2D eigenvalue weighted by Crippen LogP contribution is 2.18. The van der Waals surface area contributed by atoms with Gasteiger partial charge in [-0.25, -0.2) is 0 Å². The molecule has 122 valence electrons. The van der Waals surface area contributed by atoms with Crippen LogP contribution in [0.3, 0.4) is 0 Å². The van der Waals surface area contributed by atoms with E-state index in [0.29, 0.717) is 42.3 Å². The fourth-order valence-electron chi connectivity index (χ4n) is 2.13. The van der Waals surface area contributed by atoms with E-state index >= 15 is 0 Å². The van der Waals surface area contributed by atoms with E-state index < -0.39 is 0 Å². The van der Waals surface area contributed by atoms with E-state index in [1.807, 2.05) is 24.3 Å². The van der Waals surface area contributed by atoms with Gasteiger partial charge in [0.05, 0.1) is 13.2 Å². The Morgan fingerprint density at radius 3 is 1.87 bits per heavy atom. The molecule has 0 aromatic heterocycles. The van der Waals surface area contributed by atoms with Crippen molar-refractivity contribution in [1.29, 1.82) is 0 Å². The molecule has 5 nitrogen and oxygen atoms in total. The molecule has 0 fully saturated rings. The maximum atomic E-state index is 10.4. The topological polar surface area (TPSA) is 76.0 Å². The standard InChI is InChI=1S/C18H20O5/c19-6-5-14-1-3-17(4-2-14)22-7-8-23-18-10-15(12-20)9-16(11-18)13-21/h1-4,6,9-11,20-21H,5,7-8,12-13H2. The quantitative estimate of drug-likeness (QED) is 0.545. The van der Waals surface area contributed by atoms with Crippen molar-refractivity contribution in [2.24, 2.45) is 0 Å². The summed E-state index contributed by atoms with van der Waals surface area (Å²) < 4.78 is 11.1. The van der Waals surface area contributed by atoms with Crippen LogP contribution in [0.2, 0.25) is 0 Å². The largest absolute Gasteiger partial charge is 0.490 e. The predicted octanol–water partition coefficient (Wildman–Crippen LogP) is 1.87. The second-order valence-electron chi connectivity index (χ2n) is 5.01. The minimum absolute atomic E-state index is 0.103. The fraction of sp³-hybridized carbons (Fsp3) is 0.278. The van der Waals surface area contributed by atoms with E-state index in [1.165, 1.54) is 0 Å². The lowest BCUT2D eigenvalue weighted by Crippen LogP contribution is -2.09. The molecule has 0 aliphatic heterocycles. The highest BCUT2D eigenvalue weighted by Gasteiger charge is 2.02. The van der Waals surface area contributed by atoms with Gasteiger partial charge in [-0.2, -0.15) is 0 Å². The van der Waals surface area contributed by atoms with E-state index in [9.17, 15) is 15.0 Å². The zero-order valence-corrected chi connectivity index (χ0v) is 12.8. The molecule has 5 heteroatoms. The number of carbonyl (C=O) groups is 1. The number of ether oxygens (including phenoxy) is 2. The van der Waals surface area contributed by atoms with Crippen molar-refractivity contribution in [2.45, 2.75) is 19.6 Å². The fourth-order valence-corrected chi connectivity index (χ4v) is 2.13. The first-order valence-corrected chi connectivity index (χ1v) is 7.38. The normalized spacial score (nSPS) is 10.3. The van der Waals surface area contributed by atoms with E-state index in [2.05, 4.69) is 0 Å². The molecule has 0 aliphatic carbocycles. The molecule has 2 rings (SSSR count). The molecule has 0 unspecified atom stereocenters. The lowest BCUT2D eigenvalue weighted by molar-refractivity contribution is -0.107. The molecule has 2 aromatic carbocycles. The van der Waals surface area contributed by atoms with Gasteiger partial charge in [-0.3, -0.25) is 0 Å². The Morgan fingerprint density at radius 1 is 0.783 bits per heavy atom. The first kappa shape index (κ1) is 17.0. The number of hydrogen-bond acceptors (Lipinski definition) is 5. The molecule has 0 spiro atoms. The summed E-state index contributed by atoms with van der Waals surface area (Å²) in [4.78, 5) is 10.4. The minimum atomic E-state index is -0.103. The number of aliphatic hydroxyl groups is 2. The summed E-state index contributed by atoms with van der Waals surface area (Å²) in [7, 11) is 0. The number of aliphatic hydroxyl groups excluding tert-OH is 2. The molecular formula is C18H20O5. The van der Waals surface area contributed by atoms with Gasteiger partial charge in [0.1, 0.15) is 31.0 Å². The van der Waals surface area contributed by atoms with Gasteiger partial charge >= 0.3 is 0 Å². The minimum Gasteiger partial charge on any atom is -0.490 e. The molecule has 0 radical (unpaired) electrons. The molecule has 0 heterocycles. The Labute approximate surface area is 135 Å². The summed E-state index contributed by atoms with van der Waals surface area (Å²) in [6, 6.07) is 12.5. The molecule has 0 bridgehead atoms. The Morgan fingerprint density at radius 2 is 1.35 bits per heavy atom. The number of aldehydes is 1. The van der Waals surface area contributed by atoms with E-state index in [-0.39, 0.29) is 13.2 Å². The monoisotopic (exact) mass is 316 g/mol. The summed E-state index contributed by atoms with van der Waals surface area (Å²) in [6.07, 6.45) is 1.27. The van der Waals surface area contributed by atoms with Crippen LogP contribution in [0.4, 0.5) is 0 Å². The Kier molecular flexibility index (Phi) is 6.59. The lowest BCUT2D eigenvalue weighted by atomic mass is 10.1. The molecule has 23 heavy (non-hydrogen) atoms. The number of benzene rings is 2. The molecule has 0 aliphatic rings. The van der Waals surface area contributed by atoms with Crippen molar-refractivity contribution in [3.63, 3.8) is 0 Å². The summed E-state index contributed by atoms with van der Waals surface area (Å²) >= 11 is 0. The van der Waals surface area contributed by atoms with Gasteiger partial charge in [-0.05, 0) is 41.0 Å². The van der Waals surface area contributed by atoms with Gasteiger partial charge in [-0.15, -0.1) is 0 Å². The summed E-state index contributed by atoms with van der Waals surface area (Å²) in [5, 5.41) is 18.4.